The van der Waals surface area contributed by atoms with E-state index in [1.165, 1.54) is 0 Å². The molecule has 3 amide bonds. The molecule has 1 aliphatic carbocycles. The smallest absolute Gasteiger partial charge is 0.233 e. The Morgan fingerprint density at radius 2 is 1.55 bits per heavy atom. The molecule has 1 aliphatic rings. The molecule has 44 heavy (non-hydrogen) atoms. The second kappa shape index (κ2) is 21.2. The summed E-state index contributed by atoms with van der Waals surface area (Å²) in [5, 5.41) is 11.4. The van der Waals surface area contributed by atoms with Crippen molar-refractivity contribution in [2.45, 2.75) is 97.3 Å². The molecule has 1 aromatic carbocycles. The highest BCUT2D eigenvalue weighted by atomic mass is 16.5. The maximum Gasteiger partial charge on any atom is 0.233 e. The molecule has 10 nitrogen and oxygen atoms in total. The Morgan fingerprint density at radius 3 is 2.25 bits per heavy atom. The third-order valence-electron chi connectivity index (χ3n) is 7.80. The summed E-state index contributed by atoms with van der Waals surface area (Å²) in [5.74, 6) is -0.393. The Balaban J connectivity index is 1.52. The summed E-state index contributed by atoms with van der Waals surface area (Å²) in [5.41, 5.74) is 2.90. The Kier molecular flexibility index (Phi) is 17.7. The first-order valence-electron chi connectivity index (χ1n) is 16.3. The highest BCUT2D eigenvalue weighted by Gasteiger charge is 2.20. The second-order valence-electron chi connectivity index (χ2n) is 11.3. The molecule has 244 valence electrons. The first kappa shape index (κ1) is 36.7. The van der Waals surface area contributed by atoms with E-state index in [0.29, 0.717) is 49.4 Å². The summed E-state index contributed by atoms with van der Waals surface area (Å²) < 4.78 is 5.49. The van der Waals surface area contributed by atoms with Crippen LogP contribution in [0.3, 0.4) is 0 Å². The SMILES string of the molecule is CCCC(CCCCNC(=O)CCCOCCNC(=O)CC(=O)Nc1ccc(C(=O)C2=C(NC)CCCC2)cc1)C(=O)CC. The van der Waals surface area contributed by atoms with Gasteiger partial charge in [0.25, 0.3) is 0 Å². The van der Waals surface area contributed by atoms with Crippen LogP contribution in [0.2, 0.25) is 0 Å². The van der Waals surface area contributed by atoms with Crippen molar-refractivity contribution in [3.05, 3.63) is 41.1 Å². The molecule has 4 N–H and O–H groups in total. The van der Waals surface area contributed by atoms with Gasteiger partial charge in [0.1, 0.15) is 12.2 Å². The van der Waals surface area contributed by atoms with Gasteiger partial charge in [-0.2, -0.15) is 0 Å². The van der Waals surface area contributed by atoms with Gasteiger partial charge in [-0.25, -0.2) is 0 Å². The van der Waals surface area contributed by atoms with Gasteiger partial charge >= 0.3 is 0 Å². The average Bonchev–Trinajstić information content (AvgIpc) is 3.03. The number of nitrogens with one attached hydrogen (secondary N) is 4. The molecular weight excluding hydrogens is 560 g/mol. The summed E-state index contributed by atoms with van der Waals surface area (Å²) in [4.78, 5) is 61.3. The molecule has 2 rings (SSSR count). The molecule has 0 bridgehead atoms. The molecule has 0 saturated heterocycles. The Hall–Kier alpha value is -3.53. The molecule has 0 radical (unpaired) electrons. The van der Waals surface area contributed by atoms with Crippen LogP contribution in [0, 0.1) is 5.92 Å². The number of ether oxygens (including phenoxy) is 1. The lowest BCUT2D eigenvalue weighted by Crippen LogP contribution is -2.31. The zero-order valence-corrected chi connectivity index (χ0v) is 26.9. The van der Waals surface area contributed by atoms with Crippen LogP contribution in [0.25, 0.3) is 0 Å². The molecule has 0 spiro atoms. The fourth-order valence-electron chi connectivity index (χ4n) is 5.36. The molecule has 1 atom stereocenters. The minimum atomic E-state index is -0.448. The molecule has 0 saturated carbocycles. The van der Waals surface area contributed by atoms with Crippen LogP contribution < -0.4 is 21.3 Å². The maximum absolute atomic E-state index is 12.9. The van der Waals surface area contributed by atoms with Gasteiger partial charge in [0.15, 0.2) is 5.78 Å². The number of allylic oxidation sites excluding steroid dienone is 2. The summed E-state index contributed by atoms with van der Waals surface area (Å²) in [6.07, 6.45) is 9.54. The topological polar surface area (TPSA) is 143 Å². The third-order valence-corrected chi connectivity index (χ3v) is 7.80. The number of benzene rings is 1. The van der Waals surface area contributed by atoms with Crippen LogP contribution in [0.4, 0.5) is 5.69 Å². The van der Waals surface area contributed by atoms with E-state index in [4.69, 9.17) is 4.74 Å². The number of Topliss-reactive ketones (excluding diaryl/α,β-unsaturated/α-hetero) is 2. The highest BCUT2D eigenvalue weighted by molar-refractivity contribution is 6.09. The number of hydrogen-bond donors (Lipinski definition) is 4. The van der Waals surface area contributed by atoms with Gasteiger partial charge in [0.05, 0.1) is 6.61 Å². The van der Waals surface area contributed by atoms with Crippen LogP contribution >= 0.6 is 0 Å². The van der Waals surface area contributed by atoms with E-state index >= 15 is 0 Å². The van der Waals surface area contributed by atoms with E-state index in [-0.39, 0.29) is 37.2 Å². The number of rotatable bonds is 22. The van der Waals surface area contributed by atoms with Crippen LogP contribution in [-0.4, -0.2) is 62.6 Å². The van der Waals surface area contributed by atoms with E-state index in [0.717, 1.165) is 69.1 Å². The first-order chi connectivity index (χ1) is 21.3. The minimum Gasteiger partial charge on any atom is -0.391 e. The predicted molar refractivity (Wildman–Crippen MR) is 172 cm³/mol. The number of hydrogen-bond acceptors (Lipinski definition) is 7. The van der Waals surface area contributed by atoms with Gasteiger partial charge in [0.2, 0.25) is 17.7 Å². The van der Waals surface area contributed by atoms with E-state index in [9.17, 15) is 24.0 Å². The lowest BCUT2D eigenvalue weighted by Gasteiger charge is -2.19. The molecule has 10 heteroatoms. The second-order valence-corrected chi connectivity index (χ2v) is 11.3. The average molecular weight is 613 g/mol. The monoisotopic (exact) mass is 612 g/mol. The lowest BCUT2D eigenvalue weighted by atomic mass is 9.90. The summed E-state index contributed by atoms with van der Waals surface area (Å²) in [6, 6.07) is 6.71. The van der Waals surface area contributed by atoms with Gasteiger partial charge in [-0.1, -0.05) is 26.7 Å². The first-order valence-corrected chi connectivity index (χ1v) is 16.3. The predicted octanol–water partition coefficient (Wildman–Crippen LogP) is 4.84. The number of anilines is 1. The van der Waals surface area contributed by atoms with Crippen molar-refractivity contribution in [1.29, 1.82) is 0 Å². The Morgan fingerprint density at radius 1 is 0.818 bits per heavy atom. The minimum absolute atomic E-state index is 0.00108. The molecule has 0 aliphatic heterocycles. The summed E-state index contributed by atoms with van der Waals surface area (Å²) >= 11 is 0. The van der Waals surface area contributed by atoms with Crippen molar-refractivity contribution in [2.75, 3.05) is 38.7 Å². The largest absolute Gasteiger partial charge is 0.391 e. The zero-order chi connectivity index (χ0) is 32.2. The highest BCUT2D eigenvalue weighted by Crippen LogP contribution is 2.26. The van der Waals surface area contributed by atoms with Gasteiger partial charge in [-0.05, 0) is 75.6 Å². The number of amides is 3. The molecular formula is C34H52N4O6. The standard InChI is InChI=1S/C34H52N4O6/c1-4-11-25(30(39)5-2)12-8-9-20-36-31(40)15-10-22-44-23-21-37-32(41)24-33(42)38-27-18-16-26(17-19-27)34(43)28-13-6-7-14-29(28)35-3/h16-19,25,35H,4-15,20-24H2,1-3H3,(H,36,40)(H,37,41)(H,38,42). The summed E-state index contributed by atoms with van der Waals surface area (Å²) in [7, 11) is 1.84. The number of carbonyl (C=O) groups excluding carboxylic acids is 5. The number of carbonyl (C=O) groups is 5. The fraction of sp³-hybridized carbons (Fsp3) is 0.618. The van der Waals surface area contributed by atoms with Crippen LogP contribution in [0.1, 0.15) is 108 Å². The summed E-state index contributed by atoms with van der Waals surface area (Å²) in [6.45, 7) is 5.56. The third kappa shape index (κ3) is 13.8. The molecule has 1 aromatic rings. The van der Waals surface area contributed by atoms with Crippen LogP contribution in [0.15, 0.2) is 35.5 Å². The van der Waals surface area contributed by atoms with E-state index in [2.05, 4.69) is 28.2 Å². The van der Waals surface area contributed by atoms with Gasteiger partial charge in [-0.3, -0.25) is 24.0 Å². The molecule has 0 aromatic heterocycles. The van der Waals surface area contributed by atoms with Crippen molar-refractivity contribution in [3.63, 3.8) is 0 Å². The van der Waals surface area contributed by atoms with Gasteiger partial charge < -0.3 is 26.0 Å². The molecule has 1 unspecified atom stereocenters. The fourth-order valence-corrected chi connectivity index (χ4v) is 5.36. The normalized spacial score (nSPS) is 13.6. The number of ketones is 2. The maximum atomic E-state index is 12.9. The van der Waals surface area contributed by atoms with Crippen molar-refractivity contribution >= 4 is 35.0 Å². The van der Waals surface area contributed by atoms with E-state index < -0.39 is 11.8 Å². The van der Waals surface area contributed by atoms with Gasteiger partial charge in [-0.15, -0.1) is 0 Å². The number of unbranched alkanes of at least 4 members (excludes halogenated alkanes) is 1. The van der Waals surface area contributed by atoms with E-state index in [1.54, 1.807) is 24.3 Å². The quantitative estimate of drug-likeness (QED) is 0.0834. The van der Waals surface area contributed by atoms with E-state index in [1.807, 2.05) is 14.0 Å². The Labute approximate surface area is 262 Å². The van der Waals surface area contributed by atoms with Gasteiger partial charge in [0, 0.05) is 68.0 Å². The van der Waals surface area contributed by atoms with Crippen molar-refractivity contribution in [1.82, 2.24) is 16.0 Å². The van der Waals surface area contributed by atoms with Crippen molar-refractivity contribution in [3.8, 4) is 0 Å². The molecule has 0 fully saturated rings. The van der Waals surface area contributed by atoms with Crippen molar-refractivity contribution in [2.24, 2.45) is 5.92 Å². The van der Waals surface area contributed by atoms with Crippen molar-refractivity contribution < 1.29 is 28.7 Å². The lowest BCUT2D eigenvalue weighted by molar-refractivity contribution is -0.127. The van der Waals surface area contributed by atoms with Crippen LogP contribution in [-0.2, 0) is 23.9 Å². The zero-order valence-electron chi connectivity index (χ0n) is 26.9. The molecule has 0 heterocycles. The van der Waals surface area contributed by atoms with Crippen LogP contribution in [0.5, 0.6) is 0 Å². The Bertz CT molecular complexity index is 1120.